The minimum absolute atomic E-state index is 0.0419. The molecule has 5 heteroatoms. The van der Waals surface area contributed by atoms with Crippen LogP contribution >= 0.6 is 34.2 Å². The summed E-state index contributed by atoms with van der Waals surface area (Å²) >= 11 is 8.27. The lowest BCUT2D eigenvalue weighted by Crippen LogP contribution is -2.19. The van der Waals surface area contributed by atoms with E-state index in [1.54, 1.807) is 6.07 Å². The van der Waals surface area contributed by atoms with Gasteiger partial charge in [-0.1, -0.05) is 29.8 Å². The molecule has 0 aromatic heterocycles. The quantitative estimate of drug-likeness (QED) is 0.734. The fourth-order valence-electron chi connectivity index (χ4n) is 2.45. The molecule has 0 saturated heterocycles. The summed E-state index contributed by atoms with van der Waals surface area (Å²) in [5.41, 5.74) is 3.47. The van der Waals surface area contributed by atoms with E-state index in [-0.39, 0.29) is 5.91 Å². The molecule has 2 aromatic carbocycles. The summed E-state index contributed by atoms with van der Waals surface area (Å²) in [6, 6.07) is 11.2. The Morgan fingerprint density at radius 3 is 2.62 bits per heavy atom. The number of halogens is 2. The topological polar surface area (TPSA) is 49.3 Å². The molecule has 3 rings (SSSR count). The third-order valence-electron chi connectivity index (χ3n) is 3.60. The minimum atomic E-state index is -0.720. The number of rotatable bonds is 2. The first-order valence-corrected chi connectivity index (χ1v) is 8.06. The number of anilines is 1. The van der Waals surface area contributed by atoms with Crippen molar-refractivity contribution in [3.05, 3.63) is 61.7 Å². The zero-order valence-electron chi connectivity index (χ0n) is 11.1. The smallest absolute Gasteiger partial charge is 0.224 e. The van der Waals surface area contributed by atoms with Gasteiger partial charge in [0, 0.05) is 15.7 Å². The number of fused-ring (bicyclic) bond motifs is 1. The van der Waals surface area contributed by atoms with Crippen LogP contribution in [-0.4, -0.2) is 11.0 Å². The van der Waals surface area contributed by atoms with E-state index in [0.29, 0.717) is 17.9 Å². The van der Waals surface area contributed by atoms with Gasteiger partial charge < -0.3 is 10.4 Å². The van der Waals surface area contributed by atoms with Gasteiger partial charge in [-0.25, -0.2) is 0 Å². The van der Waals surface area contributed by atoms with Gasteiger partial charge in [0.25, 0.3) is 0 Å². The molecule has 108 valence electrons. The molecule has 1 unspecified atom stereocenters. The second-order valence-corrected chi connectivity index (χ2v) is 6.61. The predicted molar refractivity (Wildman–Crippen MR) is 91.6 cm³/mol. The monoisotopic (exact) mass is 413 g/mol. The summed E-state index contributed by atoms with van der Waals surface area (Å²) < 4.78 is 0.957. The van der Waals surface area contributed by atoms with Crippen LogP contribution < -0.4 is 5.32 Å². The maximum absolute atomic E-state index is 11.4. The average molecular weight is 414 g/mol. The zero-order valence-corrected chi connectivity index (χ0v) is 14.0. The number of nitrogens with one attached hydrogen (secondary N) is 1. The highest BCUT2D eigenvalue weighted by atomic mass is 127. The van der Waals surface area contributed by atoms with Gasteiger partial charge in [-0.15, -0.1) is 0 Å². The van der Waals surface area contributed by atoms with Crippen molar-refractivity contribution in [3.8, 4) is 0 Å². The Balaban J connectivity index is 1.93. The Kier molecular flexibility index (Phi) is 4.19. The van der Waals surface area contributed by atoms with Gasteiger partial charge in [-0.2, -0.15) is 0 Å². The average Bonchev–Trinajstić information content (AvgIpc) is 2.49. The maximum Gasteiger partial charge on any atom is 0.224 e. The number of hydrogen-bond acceptors (Lipinski definition) is 2. The first-order chi connectivity index (χ1) is 10.0. The Labute approximate surface area is 141 Å². The van der Waals surface area contributed by atoms with Gasteiger partial charge in [-0.05, 0) is 63.9 Å². The number of aliphatic hydroxyl groups is 1. The second-order valence-electron chi connectivity index (χ2n) is 5.04. The normalized spacial score (nSPS) is 15.3. The number of aryl methyl sites for hydroxylation is 1. The minimum Gasteiger partial charge on any atom is -0.384 e. The molecule has 3 nitrogen and oxygen atoms in total. The van der Waals surface area contributed by atoms with Crippen LogP contribution in [0.25, 0.3) is 0 Å². The van der Waals surface area contributed by atoms with E-state index in [4.69, 9.17) is 11.6 Å². The molecule has 0 spiro atoms. The number of amides is 1. The molecular weight excluding hydrogens is 401 g/mol. The predicted octanol–water partition coefficient (Wildman–Crippen LogP) is 3.91. The molecule has 1 amide bonds. The molecule has 0 saturated carbocycles. The number of aliphatic hydroxyl groups excluding tert-OH is 1. The van der Waals surface area contributed by atoms with Crippen molar-refractivity contribution in [3.63, 3.8) is 0 Å². The molecular formula is C16H13ClINO2. The standard InChI is InChI=1S/C16H13ClINO2/c17-12-8-11(1-4-13(12)18)16(21)10-2-5-14-9(7-10)3-6-15(20)19-14/h1-2,4-5,7-8,16,21H,3,6H2,(H,19,20). The Bertz CT molecular complexity index is 717. The van der Waals surface area contributed by atoms with Crippen molar-refractivity contribution in [2.75, 3.05) is 5.32 Å². The molecule has 2 N–H and O–H groups in total. The first kappa shape index (κ1) is 14.8. The summed E-state index contributed by atoms with van der Waals surface area (Å²) in [7, 11) is 0. The number of hydrogen-bond donors (Lipinski definition) is 2. The van der Waals surface area contributed by atoms with Crippen LogP contribution in [0, 0.1) is 3.57 Å². The van der Waals surface area contributed by atoms with Crippen molar-refractivity contribution in [2.45, 2.75) is 18.9 Å². The van der Waals surface area contributed by atoms with Crippen LogP contribution in [0.4, 0.5) is 5.69 Å². The highest BCUT2D eigenvalue weighted by molar-refractivity contribution is 14.1. The number of benzene rings is 2. The molecule has 0 radical (unpaired) electrons. The summed E-state index contributed by atoms with van der Waals surface area (Å²) in [6.45, 7) is 0. The summed E-state index contributed by atoms with van der Waals surface area (Å²) in [5.74, 6) is 0.0419. The Morgan fingerprint density at radius 2 is 1.86 bits per heavy atom. The van der Waals surface area contributed by atoms with Crippen LogP contribution in [-0.2, 0) is 11.2 Å². The maximum atomic E-state index is 11.4. The summed E-state index contributed by atoms with van der Waals surface area (Å²) in [5, 5.41) is 14.0. The Hall–Kier alpha value is -1.11. The van der Waals surface area contributed by atoms with Crippen LogP contribution in [0.3, 0.4) is 0 Å². The third-order valence-corrected chi connectivity index (χ3v) is 5.17. The molecule has 1 heterocycles. The molecule has 1 atom stereocenters. The van der Waals surface area contributed by atoms with E-state index >= 15 is 0 Å². The van der Waals surface area contributed by atoms with Crippen molar-refractivity contribution in [1.29, 1.82) is 0 Å². The van der Waals surface area contributed by atoms with Crippen molar-refractivity contribution >= 4 is 45.8 Å². The van der Waals surface area contributed by atoms with Crippen molar-refractivity contribution < 1.29 is 9.90 Å². The number of carbonyl (C=O) groups is 1. The number of carbonyl (C=O) groups excluding carboxylic acids is 1. The van der Waals surface area contributed by atoms with Gasteiger partial charge in [0.15, 0.2) is 0 Å². The van der Waals surface area contributed by atoms with Gasteiger partial charge in [0.2, 0.25) is 5.91 Å². The summed E-state index contributed by atoms with van der Waals surface area (Å²) in [6.07, 6.45) is 0.472. The van der Waals surface area contributed by atoms with Gasteiger partial charge in [0.05, 0.1) is 5.02 Å². The molecule has 1 aliphatic heterocycles. The zero-order chi connectivity index (χ0) is 15.0. The largest absolute Gasteiger partial charge is 0.384 e. The van der Waals surface area contributed by atoms with Crippen molar-refractivity contribution in [1.82, 2.24) is 0 Å². The fraction of sp³-hybridized carbons (Fsp3) is 0.188. The molecule has 0 fully saturated rings. The molecule has 0 bridgehead atoms. The van der Waals surface area contributed by atoms with E-state index in [0.717, 1.165) is 25.9 Å². The van der Waals surface area contributed by atoms with Gasteiger partial charge in [-0.3, -0.25) is 4.79 Å². The van der Waals surface area contributed by atoms with Gasteiger partial charge in [0.1, 0.15) is 6.10 Å². The van der Waals surface area contributed by atoms with E-state index < -0.39 is 6.10 Å². The van der Waals surface area contributed by atoms with Crippen molar-refractivity contribution in [2.24, 2.45) is 0 Å². The molecule has 1 aliphatic rings. The lowest BCUT2D eigenvalue weighted by molar-refractivity contribution is -0.116. The van der Waals surface area contributed by atoms with E-state index in [1.807, 2.05) is 30.3 Å². The van der Waals surface area contributed by atoms with E-state index in [1.165, 1.54) is 0 Å². The molecule has 21 heavy (non-hydrogen) atoms. The molecule has 2 aromatic rings. The second kappa shape index (κ2) is 5.94. The SMILES string of the molecule is O=C1CCc2cc(C(O)c3ccc(I)c(Cl)c3)ccc2N1. The third kappa shape index (κ3) is 3.07. The van der Waals surface area contributed by atoms with E-state index in [2.05, 4.69) is 27.9 Å². The van der Waals surface area contributed by atoms with Crippen LogP contribution in [0.2, 0.25) is 5.02 Å². The fourth-order valence-corrected chi connectivity index (χ4v) is 2.97. The summed E-state index contributed by atoms with van der Waals surface area (Å²) in [4.78, 5) is 11.4. The highest BCUT2D eigenvalue weighted by Gasteiger charge is 2.18. The van der Waals surface area contributed by atoms with Crippen LogP contribution in [0.5, 0.6) is 0 Å². The van der Waals surface area contributed by atoms with Crippen LogP contribution in [0.15, 0.2) is 36.4 Å². The van der Waals surface area contributed by atoms with E-state index in [9.17, 15) is 9.90 Å². The van der Waals surface area contributed by atoms with Gasteiger partial charge >= 0.3 is 0 Å². The first-order valence-electron chi connectivity index (χ1n) is 6.60. The lowest BCUT2D eigenvalue weighted by atomic mass is 9.95. The Morgan fingerprint density at radius 1 is 1.14 bits per heavy atom. The lowest BCUT2D eigenvalue weighted by Gasteiger charge is -2.19. The highest BCUT2D eigenvalue weighted by Crippen LogP contribution is 2.31. The van der Waals surface area contributed by atoms with Crippen LogP contribution in [0.1, 0.15) is 29.2 Å². The molecule has 0 aliphatic carbocycles.